The van der Waals surface area contributed by atoms with Crippen LogP contribution in [0.15, 0.2) is 10.6 Å². The largest absolute Gasteiger partial charge is 0.0888 e. The molecule has 0 saturated heterocycles. The second-order valence-corrected chi connectivity index (χ2v) is 10.1. The molecule has 0 spiro atoms. The fourth-order valence-electron chi connectivity index (χ4n) is 4.69. The van der Waals surface area contributed by atoms with Gasteiger partial charge in [-0.15, -0.1) is 0 Å². The zero-order valence-corrected chi connectivity index (χ0v) is 14.0. The first kappa shape index (κ1) is 12.2. The minimum absolute atomic E-state index is 0.308. The summed E-state index contributed by atoms with van der Waals surface area (Å²) < 4.78 is 1.76. The predicted molar refractivity (Wildman–Crippen MR) is 79.3 cm³/mol. The third kappa shape index (κ3) is 2.09. The van der Waals surface area contributed by atoms with Gasteiger partial charge in [0.25, 0.3) is 0 Å². The molecule has 3 heteroatoms. The van der Waals surface area contributed by atoms with Crippen molar-refractivity contribution in [3.63, 3.8) is 0 Å². The second-order valence-electron chi connectivity index (χ2n) is 6.05. The van der Waals surface area contributed by atoms with E-state index in [2.05, 4.69) is 53.9 Å². The summed E-state index contributed by atoms with van der Waals surface area (Å²) in [4.78, 5) is 0. The van der Waals surface area contributed by atoms with Gasteiger partial charge in [0.05, 0.1) is 3.74 Å². The Kier molecular flexibility index (Phi) is 3.35. The van der Waals surface area contributed by atoms with Gasteiger partial charge in [0, 0.05) is 5.41 Å². The van der Waals surface area contributed by atoms with Crippen molar-refractivity contribution >= 4 is 47.8 Å². The van der Waals surface area contributed by atoms with Crippen molar-refractivity contribution in [2.45, 2.75) is 42.3 Å². The van der Waals surface area contributed by atoms with Gasteiger partial charge in [-0.2, -0.15) is 0 Å². The number of rotatable bonds is 2. The average molecular weight is 413 g/mol. The van der Waals surface area contributed by atoms with Gasteiger partial charge >= 0.3 is 0 Å². The molecule has 0 amide bonds. The van der Waals surface area contributed by atoms with Crippen LogP contribution in [0.5, 0.6) is 0 Å². The Labute approximate surface area is 123 Å². The normalized spacial score (nSPS) is 46.8. The number of allylic oxidation sites excluding steroid dienone is 2. The molecule has 0 N–H and O–H groups in total. The number of hydrogen-bond acceptors (Lipinski definition) is 0. The van der Waals surface area contributed by atoms with Crippen LogP contribution in [-0.2, 0) is 0 Å². The van der Waals surface area contributed by atoms with Crippen LogP contribution < -0.4 is 0 Å². The lowest BCUT2D eigenvalue weighted by Crippen LogP contribution is -2.46. The van der Waals surface area contributed by atoms with Gasteiger partial charge in [-0.1, -0.05) is 47.8 Å². The molecule has 0 aromatic rings. The molecular formula is C13H17Br3. The lowest BCUT2D eigenvalue weighted by molar-refractivity contribution is -0.0255. The summed E-state index contributed by atoms with van der Waals surface area (Å²) in [7, 11) is 0. The molecule has 0 aromatic carbocycles. The van der Waals surface area contributed by atoms with E-state index in [9.17, 15) is 0 Å². The van der Waals surface area contributed by atoms with Crippen LogP contribution in [0.4, 0.5) is 0 Å². The van der Waals surface area contributed by atoms with Crippen molar-refractivity contribution in [1.29, 1.82) is 0 Å². The molecule has 4 aliphatic rings. The van der Waals surface area contributed by atoms with Gasteiger partial charge in [0.2, 0.25) is 0 Å². The Morgan fingerprint density at radius 3 is 1.81 bits per heavy atom. The van der Waals surface area contributed by atoms with Crippen LogP contribution in [0.3, 0.4) is 0 Å². The molecule has 0 atom stereocenters. The van der Waals surface area contributed by atoms with Crippen molar-refractivity contribution in [2.75, 3.05) is 0 Å². The van der Waals surface area contributed by atoms with Crippen molar-refractivity contribution < 1.29 is 0 Å². The van der Waals surface area contributed by atoms with Crippen LogP contribution in [-0.4, -0.2) is 3.74 Å². The average Bonchev–Trinajstić information content (AvgIpc) is 2.13. The van der Waals surface area contributed by atoms with Gasteiger partial charge in [-0.05, 0) is 66.8 Å². The van der Waals surface area contributed by atoms with E-state index < -0.39 is 0 Å². The molecular weight excluding hydrogens is 396 g/mol. The van der Waals surface area contributed by atoms with Gasteiger partial charge < -0.3 is 0 Å². The number of halogens is 3. The number of hydrogen-bond donors (Lipinski definition) is 0. The highest BCUT2D eigenvalue weighted by Crippen LogP contribution is 2.63. The van der Waals surface area contributed by atoms with E-state index in [0.717, 1.165) is 17.8 Å². The Hall–Kier alpha value is 1.18. The highest BCUT2D eigenvalue weighted by molar-refractivity contribution is 9.24. The van der Waals surface area contributed by atoms with E-state index in [1.807, 2.05) is 0 Å². The molecule has 16 heavy (non-hydrogen) atoms. The first-order valence-electron chi connectivity index (χ1n) is 6.23. The smallest absolute Gasteiger partial charge is 0.0718 e. The fraction of sp³-hybridized carbons (Fsp3) is 0.846. The zero-order valence-electron chi connectivity index (χ0n) is 9.26. The maximum absolute atomic E-state index is 3.87. The topological polar surface area (TPSA) is 0 Å². The lowest BCUT2D eigenvalue weighted by Gasteiger charge is -2.57. The van der Waals surface area contributed by atoms with Crippen molar-refractivity contribution in [1.82, 2.24) is 0 Å². The van der Waals surface area contributed by atoms with Crippen LogP contribution >= 0.6 is 47.8 Å². The molecule has 0 heterocycles. The second kappa shape index (κ2) is 4.38. The summed E-state index contributed by atoms with van der Waals surface area (Å²) in [6.07, 6.45) is 11.2. The molecule has 0 nitrogen and oxygen atoms in total. The summed E-state index contributed by atoms with van der Waals surface area (Å²) in [5, 5.41) is 0. The third-order valence-electron chi connectivity index (χ3n) is 4.82. The lowest BCUT2D eigenvalue weighted by atomic mass is 9.49. The molecule has 0 aliphatic heterocycles. The molecule has 4 saturated carbocycles. The van der Waals surface area contributed by atoms with E-state index in [0.29, 0.717) is 9.15 Å². The molecule has 4 bridgehead atoms. The quantitative estimate of drug-likeness (QED) is 0.518. The monoisotopic (exact) mass is 410 g/mol. The first-order valence-corrected chi connectivity index (χ1v) is 8.86. The van der Waals surface area contributed by atoms with Crippen molar-refractivity contribution in [3.8, 4) is 0 Å². The van der Waals surface area contributed by atoms with Crippen LogP contribution in [0, 0.1) is 23.2 Å². The van der Waals surface area contributed by atoms with Gasteiger partial charge in [0.1, 0.15) is 0 Å². The van der Waals surface area contributed by atoms with Crippen molar-refractivity contribution in [3.05, 3.63) is 10.6 Å². The highest BCUT2D eigenvalue weighted by Gasteiger charge is 2.51. The Morgan fingerprint density at radius 1 is 1.00 bits per heavy atom. The standard InChI is InChI=1S/C13H17Br3/c14-11(4-12(15)16)13-5-8-1-9(6-13)3-10(2-8)7-13/h4,8-10,12H,1-3,5-7H2/b11-4-. The SMILES string of the molecule is Br/C(=C\C(Br)Br)C12CC3CC(CC(C3)C1)C2. The Morgan fingerprint density at radius 2 is 1.44 bits per heavy atom. The van der Waals surface area contributed by atoms with Crippen molar-refractivity contribution in [2.24, 2.45) is 23.2 Å². The molecule has 0 aromatic heterocycles. The molecule has 4 rings (SSSR count). The van der Waals surface area contributed by atoms with E-state index in [1.165, 1.54) is 43.0 Å². The van der Waals surface area contributed by atoms with Gasteiger partial charge in [0.15, 0.2) is 0 Å². The minimum Gasteiger partial charge on any atom is -0.0718 e. The predicted octanol–water partition coefficient (Wildman–Crippen LogP) is 5.60. The first-order chi connectivity index (χ1) is 7.57. The minimum atomic E-state index is 0.308. The molecule has 0 radical (unpaired) electrons. The molecule has 4 aliphatic carbocycles. The molecule has 0 unspecified atom stereocenters. The maximum Gasteiger partial charge on any atom is 0.0888 e. The van der Waals surface area contributed by atoms with E-state index >= 15 is 0 Å². The van der Waals surface area contributed by atoms with Crippen LogP contribution in [0.2, 0.25) is 0 Å². The Balaban J connectivity index is 1.88. The van der Waals surface area contributed by atoms with E-state index in [1.54, 1.807) is 0 Å². The van der Waals surface area contributed by atoms with E-state index in [4.69, 9.17) is 0 Å². The fourth-order valence-corrected chi connectivity index (χ4v) is 6.68. The summed E-state index contributed by atoms with van der Waals surface area (Å²) >= 11 is 11.0. The zero-order chi connectivity index (χ0) is 11.3. The molecule has 90 valence electrons. The molecule has 4 fully saturated rings. The third-order valence-corrected chi connectivity index (χ3v) is 6.45. The van der Waals surface area contributed by atoms with E-state index in [-0.39, 0.29) is 0 Å². The Bertz CT molecular complexity index is 284. The summed E-state index contributed by atoms with van der Waals surface area (Å²) in [5.74, 6) is 3.07. The summed E-state index contributed by atoms with van der Waals surface area (Å²) in [6, 6.07) is 0. The van der Waals surface area contributed by atoms with Crippen LogP contribution in [0.1, 0.15) is 38.5 Å². The highest BCUT2D eigenvalue weighted by atomic mass is 79.9. The summed E-state index contributed by atoms with van der Waals surface area (Å²) in [5.41, 5.74) is 0.508. The van der Waals surface area contributed by atoms with Gasteiger partial charge in [-0.25, -0.2) is 0 Å². The van der Waals surface area contributed by atoms with Gasteiger partial charge in [-0.3, -0.25) is 0 Å². The summed E-state index contributed by atoms with van der Waals surface area (Å²) in [6.45, 7) is 0. The number of alkyl halides is 2. The van der Waals surface area contributed by atoms with Crippen LogP contribution in [0.25, 0.3) is 0 Å². The maximum atomic E-state index is 3.87.